The molecule has 2 nitrogen and oxygen atoms in total. The van der Waals surface area contributed by atoms with Crippen LogP contribution in [0.5, 0.6) is 0 Å². The third kappa shape index (κ3) is 2.24. The Bertz CT molecular complexity index is 745. The van der Waals surface area contributed by atoms with Gasteiger partial charge in [-0.25, -0.2) is 0 Å². The average molecular weight is 367 g/mol. The zero-order valence-electron chi connectivity index (χ0n) is 9.47. The Balaban J connectivity index is 2.08. The number of hydrogen-bond donors (Lipinski definition) is 0. The first-order chi connectivity index (χ1) is 8.74. The van der Waals surface area contributed by atoms with Crippen LogP contribution in [0.4, 0.5) is 0 Å². The van der Waals surface area contributed by atoms with Gasteiger partial charge < -0.3 is 0 Å². The number of rotatable bonds is 2. The number of nitrogens with zero attached hydrogens (tertiary/aromatic N) is 1. The molecule has 0 aliphatic rings. The molecule has 0 aliphatic heterocycles. The Kier molecular flexibility index (Phi) is 3.25. The second-order valence-electron chi connectivity index (χ2n) is 4.06. The maximum absolute atomic E-state index is 12.2. The van der Waals surface area contributed by atoms with E-state index < -0.39 is 0 Å². The summed E-state index contributed by atoms with van der Waals surface area (Å²) in [5.74, 6) is 0. The van der Waals surface area contributed by atoms with Crippen molar-refractivity contribution in [3.8, 4) is 0 Å². The third-order valence-corrected chi connectivity index (χ3v) is 5.47. The first-order valence-corrected chi connectivity index (χ1v) is 7.99. The van der Waals surface area contributed by atoms with Crippen LogP contribution >= 0.6 is 15.9 Å². The molecule has 18 heavy (non-hydrogen) atoms. The van der Waals surface area contributed by atoms with Crippen LogP contribution in [0.15, 0.2) is 57.8 Å². The molecule has 3 aromatic rings. The van der Waals surface area contributed by atoms with Crippen molar-refractivity contribution in [2.45, 2.75) is 6.54 Å². The van der Waals surface area contributed by atoms with Crippen LogP contribution in [0.2, 0.25) is 0 Å². The van der Waals surface area contributed by atoms with Gasteiger partial charge in [-0.3, -0.25) is 0 Å². The van der Waals surface area contributed by atoms with Gasteiger partial charge in [0.25, 0.3) is 0 Å². The molecule has 4 heteroatoms. The van der Waals surface area contributed by atoms with E-state index in [9.17, 15) is 4.79 Å². The summed E-state index contributed by atoms with van der Waals surface area (Å²) >= 11 is 3.54. The van der Waals surface area contributed by atoms with Crippen molar-refractivity contribution < 1.29 is 0 Å². The van der Waals surface area contributed by atoms with Gasteiger partial charge in [0.05, 0.1) is 0 Å². The molecule has 0 aliphatic carbocycles. The quantitative estimate of drug-likeness (QED) is 0.639. The van der Waals surface area contributed by atoms with E-state index in [2.05, 4.69) is 34.1 Å². The predicted octanol–water partition coefficient (Wildman–Crippen LogP) is 2.87. The number of aromatic nitrogens is 1. The molecule has 0 unspecified atom stereocenters. The van der Waals surface area contributed by atoms with Crippen LogP contribution in [0.3, 0.4) is 0 Å². The predicted molar refractivity (Wildman–Crippen MR) is 78.4 cm³/mol. The van der Waals surface area contributed by atoms with Crippen molar-refractivity contribution in [1.82, 2.24) is 3.56 Å². The van der Waals surface area contributed by atoms with Crippen molar-refractivity contribution in [1.29, 1.82) is 0 Å². The van der Waals surface area contributed by atoms with Crippen LogP contribution < -0.4 is 5.56 Å². The van der Waals surface area contributed by atoms with Gasteiger partial charge in [-0.15, -0.1) is 0 Å². The molecule has 3 rings (SSSR count). The van der Waals surface area contributed by atoms with E-state index in [1.165, 1.54) is 5.56 Å². The second kappa shape index (κ2) is 4.88. The van der Waals surface area contributed by atoms with Gasteiger partial charge in [0.1, 0.15) is 0 Å². The zero-order chi connectivity index (χ0) is 12.5. The van der Waals surface area contributed by atoms with Crippen LogP contribution in [0.25, 0.3) is 9.65 Å². The van der Waals surface area contributed by atoms with E-state index in [1.54, 1.807) is 0 Å². The Morgan fingerprint density at radius 3 is 2.67 bits per heavy atom. The molecule has 0 spiro atoms. The van der Waals surface area contributed by atoms with E-state index in [4.69, 9.17) is 0 Å². The number of benzene rings is 2. The van der Waals surface area contributed by atoms with Gasteiger partial charge >= 0.3 is 119 Å². The number of fused-ring (bicyclic) bond motifs is 1. The second-order valence-corrected chi connectivity index (χ2v) is 7.21. The molecule has 0 saturated heterocycles. The first-order valence-electron chi connectivity index (χ1n) is 5.57. The fourth-order valence-corrected chi connectivity index (χ4v) is 4.83. The molecule has 1 heterocycles. The summed E-state index contributed by atoms with van der Waals surface area (Å²) in [5, 5.41) is 0.856. The molecule has 0 atom stereocenters. The van der Waals surface area contributed by atoms with E-state index in [0.29, 0.717) is 6.54 Å². The fraction of sp³-hybridized carbons (Fsp3) is 0.0714. The molecule has 90 valence electrons. The van der Waals surface area contributed by atoms with Gasteiger partial charge in [-0.2, -0.15) is 0 Å². The zero-order valence-corrected chi connectivity index (χ0v) is 12.8. The fourth-order valence-electron chi connectivity index (χ4n) is 1.90. The van der Waals surface area contributed by atoms with Gasteiger partial charge in [0.15, 0.2) is 0 Å². The summed E-state index contributed by atoms with van der Waals surface area (Å²) in [6.07, 6.45) is 0. The molecule has 0 saturated carbocycles. The SMILES string of the molecule is O=c1c2ccc(Br)cc2[se]n1Cc1ccccc1. The Hall–Kier alpha value is -1.09. The Labute approximate surface area is 119 Å². The molecule has 0 bridgehead atoms. The van der Waals surface area contributed by atoms with Crippen molar-refractivity contribution >= 4 is 40.3 Å². The van der Waals surface area contributed by atoms with Crippen molar-refractivity contribution in [3.05, 3.63) is 68.9 Å². The van der Waals surface area contributed by atoms with Gasteiger partial charge in [0, 0.05) is 0 Å². The van der Waals surface area contributed by atoms with E-state index in [1.807, 2.05) is 33.9 Å². The standard InChI is InChI=1S/C14H10BrNOSe/c15-11-6-7-12-13(8-11)18-16(14(12)17)9-10-4-2-1-3-5-10/h1-8H,9H2. The monoisotopic (exact) mass is 367 g/mol. The number of hydrogen-bond acceptors (Lipinski definition) is 1. The Morgan fingerprint density at radius 2 is 1.89 bits per heavy atom. The van der Waals surface area contributed by atoms with E-state index in [0.717, 1.165) is 14.1 Å². The molecular weight excluding hydrogens is 357 g/mol. The third-order valence-electron chi connectivity index (χ3n) is 2.78. The number of halogens is 1. The van der Waals surface area contributed by atoms with Crippen molar-refractivity contribution in [2.75, 3.05) is 0 Å². The summed E-state index contributed by atoms with van der Waals surface area (Å²) in [6.45, 7) is 0.700. The van der Waals surface area contributed by atoms with Crippen molar-refractivity contribution in [3.63, 3.8) is 0 Å². The van der Waals surface area contributed by atoms with Gasteiger partial charge in [0.2, 0.25) is 0 Å². The van der Waals surface area contributed by atoms with E-state index >= 15 is 0 Å². The summed E-state index contributed by atoms with van der Waals surface area (Å²) in [7, 11) is 0. The van der Waals surface area contributed by atoms with Crippen LogP contribution in [0, 0.1) is 0 Å². The molecule has 2 aromatic carbocycles. The Morgan fingerprint density at radius 1 is 1.11 bits per heavy atom. The van der Waals surface area contributed by atoms with Crippen LogP contribution in [0.1, 0.15) is 5.56 Å². The summed E-state index contributed by atoms with van der Waals surface area (Å²) in [4.78, 5) is 12.2. The molecule has 1 aromatic heterocycles. The minimum atomic E-state index is 0.0893. The molecule has 0 fully saturated rings. The van der Waals surface area contributed by atoms with Crippen LogP contribution in [-0.2, 0) is 6.54 Å². The summed E-state index contributed by atoms with van der Waals surface area (Å²) in [6, 6.07) is 16.0. The van der Waals surface area contributed by atoms with E-state index in [-0.39, 0.29) is 20.3 Å². The molecule has 0 N–H and O–H groups in total. The molecular formula is C14H10BrNOSe. The first kappa shape index (κ1) is 12.0. The minimum absolute atomic E-state index is 0.0893. The average Bonchev–Trinajstić information content (AvgIpc) is 2.67. The van der Waals surface area contributed by atoms with Gasteiger partial charge in [-0.1, -0.05) is 0 Å². The van der Waals surface area contributed by atoms with Crippen molar-refractivity contribution in [2.24, 2.45) is 0 Å². The summed E-state index contributed by atoms with van der Waals surface area (Å²) in [5.41, 5.74) is 1.33. The molecule has 0 radical (unpaired) electrons. The maximum atomic E-state index is 12.2. The van der Waals surface area contributed by atoms with Gasteiger partial charge in [-0.05, 0) is 0 Å². The van der Waals surface area contributed by atoms with Crippen LogP contribution in [-0.4, -0.2) is 18.3 Å². The molecule has 0 amide bonds. The summed E-state index contributed by atoms with van der Waals surface area (Å²) < 4.78 is 4.15. The topological polar surface area (TPSA) is 22.0 Å². The normalized spacial score (nSPS) is 10.9.